The summed E-state index contributed by atoms with van der Waals surface area (Å²) in [5.74, 6) is -0.490. The van der Waals surface area contributed by atoms with Gasteiger partial charge in [0.1, 0.15) is 6.61 Å². The molecule has 0 aliphatic carbocycles. The maximum Gasteiger partial charge on any atom is 0.330 e. The Morgan fingerprint density at radius 3 is 2.56 bits per heavy atom. The highest BCUT2D eigenvalue weighted by Crippen LogP contribution is 2.08. The molecule has 0 aliphatic heterocycles. The van der Waals surface area contributed by atoms with Crippen LogP contribution < -0.4 is 0 Å². The average molecular weight is 249 g/mol. The van der Waals surface area contributed by atoms with Gasteiger partial charge in [-0.05, 0) is 12.8 Å². The zero-order chi connectivity index (χ0) is 13.6. The Morgan fingerprint density at radius 1 is 1.28 bits per heavy atom. The molecular formula is C15H23NO2. The lowest BCUT2D eigenvalue weighted by molar-refractivity contribution is -0.136. The minimum Gasteiger partial charge on any atom is -0.457 e. The van der Waals surface area contributed by atoms with Crippen LogP contribution in [0.5, 0.6) is 0 Å². The van der Waals surface area contributed by atoms with Gasteiger partial charge in [0, 0.05) is 6.08 Å². The van der Waals surface area contributed by atoms with Crippen molar-refractivity contribution in [3.8, 4) is 6.07 Å². The summed E-state index contributed by atoms with van der Waals surface area (Å²) in [4.78, 5) is 10.8. The summed E-state index contributed by atoms with van der Waals surface area (Å²) >= 11 is 0. The molecule has 0 saturated carbocycles. The molecule has 0 aromatic heterocycles. The first kappa shape index (κ1) is 16.4. The zero-order valence-corrected chi connectivity index (χ0v) is 11.3. The van der Waals surface area contributed by atoms with Gasteiger partial charge in [0.05, 0.1) is 11.6 Å². The van der Waals surface area contributed by atoms with Crippen LogP contribution in [0.4, 0.5) is 0 Å². The number of carbonyl (C=O) groups excluding carboxylic acids is 1. The average Bonchev–Trinajstić information content (AvgIpc) is 2.40. The molecule has 0 N–H and O–H groups in total. The second-order valence-corrected chi connectivity index (χ2v) is 4.21. The van der Waals surface area contributed by atoms with Crippen molar-refractivity contribution in [2.24, 2.45) is 0 Å². The smallest absolute Gasteiger partial charge is 0.330 e. The lowest BCUT2D eigenvalue weighted by atomic mass is 10.1. The fourth-order valence-electron chi connectivity index (χ4n) is 1.55. The highest BCUT2D eigenvalue weighted by molar-refractivity contribution is 5.81. The number of carbonyl (C=O) groups is 1. The Balaban J connectivity index is 3.68. The van der Waals surface area contributed by atoms with Gasteiger partial charge in [-0.1, -0.05) is 51.7 Å². The number of hydrogen-bond acceptors (Lipinski definition) is 3. The van der Waals surface area contributed by atoms with E-state index in [0.717, 1.165) is 18.9 Å². The molecule has 0 radical (unpaired) electrons. The number of unbranched alkanes of at least 4 members (excludes halogenated alkanes) is 6. The van der Waals surface area contributed by atoms with Crippen LogP contribution in [-0.2, 0) is 9.53 Å². The van der Waals surface area contributed by atoms with Gasteiger partial charge in [-0.25, -0.2) is 4.79 Å². The van der Waals surface area contributed by atoms with Crippen LogP contribution >= 0.6 is 0 Å². The van der Waals surface area contributed by atoms with E-state index in [1.807, 2.05) is 12.1 Å². The van der Waals surface area contributed by atoms with E-state index in [2.05, 4.69) is 13.5 Å². The Kier molecular flexibility index (Phi) is 10.9. The first-order valence-electron chi connectivity index (χ1n) is 6.63. The predicted molar refractivity (Wildman–Crippen MR) is 72.8 cm³/mol. The van der Waals surface area contributed by atoms with E-state index in [0.29, 0.717) is 5.57 Å². The Bertz CT molecular complexity index is 313. The van der Waals surface area contributed by atoms with Crippen LogP contribution in [0.2, 0.25) is 0 Å². The topological polar surface area (TPSA) is 50.1 Å². The van der Waals surface area contributed by atoms with Crippen LogP contribution in [0.3, 0.4) is 0 Å². The summed E-state index contributed by atoms with van der Waals surface area (Å²) < 4.78 is 4.81. The SMILES string of the molecule is C=CC(=O)OC/C(C#N)=C/CCCCCCCC. The molecule has 0 heterocycles. The molecule has 100 valence electrons. The third-order valence-corrected chi connectivity index (χ3v) is 2.63. The van der Waals surface area contributed by atoms with Crippen molar-refractivity contribution in [1.29, 1.82) is 5.26 Å². The number of nitriles is 1. The third kappa shape index (κ3) is 9.65. The Morgan fingerprint density at radius 2 is 1.94 bits per heavy atom. The predicted octanol–water partition coefficient (Wildman–Crippen LogP) is 3.92. The third-order valence-electron chi connectivity index (χ3n) is 2.63. The van der Waals surface area contributed by atoms with E-state index >= 15 is 0 Å². The molecule has 3 nitrogen and oxygen atoms in total. The van der Waals surface area contributed by atoms with Gasteiger partial charge >= 0.3 is 5.97 Å². The lowest BCUT2D eigenvalue weighted by Gasteiger charge is -2.01. The first-order chi connectivity index (χ1) is 8.74. The van der Waals surface area contributed by atoms with E-state index in [1.165, 1.54) is 32.1 Å². The van der Waals surface area contributed by atoms with Gasteiger partial charge in [-0.2, -0.15) is 5.26 Å². The Labute approximate surface area is 110 Å². The quantitative estimate of drug-likeness (QED) is 0.255. The number of ether oxygens (including phenoxy) is 1. The molecule has 0 saturated heterocycles. The molecule has 0 amide bonds. The van der Waals surface area contributed by atoms with Crippen molar-refractivity contribution in [3.05, 3.63) is 24.3 Å². The number of rotatable bonds is 10. The van der Waals surface area contributed by atoms with Gasteiger partial charge < -0.3 is 4.74 Å². The van der Waals surface area contributed by atoms with Gasteiger partial charge in [0.2, 0.25) is 0 Å². The van der Waals surface area contributed by atoms with Crippen LogP contribution in [-0.4, -0.2) is 12.6 Å². The molecule has 0 bridgehead atoms. The lowest BCUT2D eigenvalue weighted by Crippen LogP contribution is -2.03. The van der Waals surface area contributed by atoms with Gasteiger partial charge in [0.15, 0.2) is 0 Å². The normalized spacial score (nSPS) is 10.8. The molecular weight excluding hydrogens is 226 g/mol. The van der Waals surface area contributed by atoms with E-state index in [-0.39, 0.29) is 6.61 Å². The number of hydrogen-bond donors (Lipinski definition) is 0. The van der Waals surface area contributed by atoms with E-state index in [4.69, 9.17) is 10.00 Å². The van der Waals surface area contributed by atoms with Gasteiger partial charge in [-0.15, -0.1) is 0 Å². The highest BCUT2D eigenvalue weighted by Gasteiger charge is 1.99. The summed E-state index contributed by atoms with van der Waals surface area (Å²) in [7, 11) is 0. The van der Waals surface area contributed by atoms with Crippen molar-refractivity contribution in [2.45, 2.75) is 51.9 Å². The Hall–Kier alpha value is -1.56. The second kappa shape index (κ2) is 11.9. The first-order valence-corrected chi connectivity index (χ1v) is 6.63. The number of allylic oxidation sites excluding steroid dienone is 1. The molecule has 0 aromatic carbocycles. The van der Waals surface area contributed by atoms with Crippen LogP contribution in [0.25, 0.3) is 0 Å². The van der Waals surface area contributed by atoms with Crippen LogP contribution in [0, 0.1) is 11.3 Å². The van der Waals surface area contributed by atoms with Crippen molar-refractivity contribution >= 4 is 5.97 Å². The molecule has 0 unspecified atom stereocenters. The summed E-state index contributed by atoms with van der Waals surface area (Å²) in [6.45, 7) is 5.55. The molecule has 0 fully saturated rings. The van der Waals surface area contributed by atoms with Crippen molar-refractivity contribution < 1.29 is 9.53 Å². The minimum atomic E-state index is -0.490. The van der Waals surface area contributed by atoms with Crippen molar-refractivity contribution in [3.63, 3.8) is 0 Å². The number of nitrogens with zero attached hydrogens (tertiary/aromatic N) is 1. The number of esters is 1. The summed E-state index contributed by atoms with van der Waals surface area (Å²) in [6.07, 6.45) is 11.2. The van der Waals surface area contributed by atoms with Gasteiger partial charge in [-0.3, -0.25) is 0 Å². The van der Waals surface area contributed by atoms with Gasteiger partial charge in [0.25, 0.3) is 0 Å². The fraction of sp³-hybridized carbons (Fsp3) is 0.600. The van der Waals surface area contributed by atoms with Crippen LogP contribution in [0.1, 0.15) is 51.9 Å². The monoisotopic (exact) mass is 249 g/mol. The standard InChI is InChI=1S/C15H23NO2/c1-3-5-6-7-8-9-10-11-14(12-16)13-18-15(17)4-2/h4,11H,2-3,5-10,13H2,1H3/b14-11+. The largest absolute Gasteiger partial charge is 0.457 e. The minimum absolute atomic E-state index is 0.0528. The molecule has 3 heteroatoms. The van der Waals surface area contributed by atoms with Crippen molar-refractivity contribution in [2.75, 3.05) is 6.61 Å². The maximum absolute atomic E-state index is 10.8. The van der Waals surface area contributed by atoms with E-state index in [1.54, 1.807) is 0 Å². The summed E-state index contributed by atoms with van der Waals surface area (Å²) in [5.41, 5.74) is 0.513. The molecule has 0 rings (SSSR count). The molecule has 0 atom stereocenters. The van der Waals surface area contributed by atoms with E-state index in [9.17, 15) is 4.79 Å². The maximum atomic E-state index is 10.8. The molecule has 0 aliphatic rings. The van der Waals surface area contributed by atoms with Crippen LogP contribution in [0.15, 0.2) is 24.3 Å². The summed E-state index contributed by atoms with van der Waals surface area (Å²) in [6, 6.07) is 2.04. The second-order valence-electron chi connectivity index (χ2n) is 4.21. The zero-order valence-electron chi connectivity index (χ0n) is 11.3. The summed E-state index contributed by atoms with van der Waals surface area (Å²) in [5, 5.41) is 8.85. The highest BCUT2D eigenvalue weighted by atomic mass is 16.5. The van der Waals surface area contributed by atoms with E-state index < -0.39 is 5.97 Å². The fourth-order valence-corrected chi connectivity index (χ4v) is 1.55. The molecule has 18 heavy (non-hydrogen) atoms. The molecule has 0 aromatic rings. The molecule has 0 spiro atoms. The van der Waals surface area contributed by atoms with Crippen molar-refractivity contribution in [1.82, 2.24) is 0 Å².